The third-order valence-corrected chi connectivity index (χ3v) is 6.18. The van der Waals surface area contributed by atoms with Crippen molar-refractivity contribution in [3.05, 3.63) is 35.4 Å². The summed E-state index contributed by atoms with van der Waals surface area (Å²) in [5.41, 5.74) is 2.57. The molecule has 118 valence electrons. The summed E-state index contributed by atoms with van der Waals surface area (Å²) in [7, 11) is 0. The van der Waals surface area contributed by atoms with E-state index in [0.29, 0.717) is 11.8 Å². The van der Waals surface area contributed by atoms with Crippen molar-refractivity contribution < 1.29 is 4.79 Å². The van der Waals surface area contributed by atoms with E-state index in [9.17, 15) is 4.79 Å². The van der Waals surface area contributed by atoms with Crippen molar-refractivity contribution in [2.24, 2.45) is 23.7 Å². The largest absolute Gasteiger partial charge is 0.349 e. The van der Waals surface area contributed by atoms with Gasteiger partial charge in [-0.05, 0) is 68.3 Å². The normalized spacial score (nSPS) is 31.2. The fraction of sp³-hybridized carbons (Fsp3) is 0.650. The highest BCUT2D eigenvalue weighted by Gasteiger charge is 2.41. The first-order valence-electron chi connectivity index (χ1n) is 9.05. The lowest BCUT2D eigenvalue weighted by atomic mass is 9.86. The van der Waals surface area contributed by atoms with Gasteiger partial charge in [0.15, 0.2) is 0 Å². The topological polar surface area (TPSA) is 29.1 Å². The molecule has 3 aliphatic carbocycles. The van der Waals surface area contributed by atoms with Crippen molar-refractivity contribution in [3.63, 3.8) is 0 Å². The van der Waals surface area contributed by atoms with Crippen LogP contribution in [0.2, 0.25) is 0 Å². The minimum Gasteiger partial charge on any atom is -0.349 e. The molecule has 0 heterocycles. The second-order valence-electron chi connectivity index (χ2n) is 7.93. The number of hydrogen-bond donors (Lipinski definition) is 1. The molecule has 1 aromatic rings. The summed E-state index contributed by atoms with van der Waals surface area (Å²) >= 11 is 0. The summed E-state index contributed by atoms with van der Waals surface area (Å²) < 4.78 is 0. The lowest BCUT2D eigenvalue weighted by molar-refractivity contribution is -0.123. The molecule has 1 amide bonds. The van der Waals surface area contributed by atoms with Crippen LogP contribution in [0.15, 0.2) is 24.3 Å². The maximum atomic E-state index is 12.5. The Hall–Kier alpha value is -1.31. The molecule has 2 bridgehead atoms. The lowest BCUT2D eigenvalue weighted by Gasteiger charge is -2.24. The third-order valence-electron chi connectivity index (χ3n) is 6.18. The fourth-order valence-electron chi connectivity index (χ4n) is 4.77. The van der Waals surface area contributed by atoms with E-state index in [1.807, 2.05) is 0 Å². The summed E-state index contributed by atoms with van der Waals surface area (Å²) in [5.74, 6) is 3.38. The van der Waals surface area contributed by atoms with E-state index in [4.69, 9.17) is 0 Å². The Labute approximate surface area is 133 Å². The molecule has 4 rings (SSSR count). The smallest absolute Gasteiger partial charge is 0.220 e. The van der Waals surface area contributed by atoms with Crippen LogP contribution in [-0.4, -0.2) is 5.91 Å². The molecule has 2 heteroatoms. The van der Waals surface area contributed by atoms with Crippen molar-refractivity contribution >= 4 is 5.91 Å². The lowest BCUT2D eigenvalue weighted by Crippen LogP contribution is -2.32. The zero-order valence-corrected chi connectivity index (χ0v) is 13.6. The molecule has 2 nitrogen and oxygen atoms in total. The Bertz CT molecular complexity index is 545. The molecular weight excluding hydrogens is 270 g/mol. The molecule has 4 unspecified atom stereocenters. The average Bonchev–Trinajstić information content (AvgIpc) is 3.14. The van der Waals surface area contributed by atoms with Crippen LogP contribution in [0.3, 0.4) is 0 Å². The van der Waals surface area contributed by atoms with Crippen molar-refractivity contribution in [2.45, 2.75) is 57.9 Å². The molecule has 0 aliphatic heterocycles. The quantitative estimate of drug-likeness (QED) is 0.858. The Balaban J connectivity index is 1.39. The molecule has 4 atom stereocenters. The van der Waals surface area contributed by atoms with Gasteiger partial charge >= 0.3 is 0 Å². The van der Waals surface area contributed by atoms with E-state index < -0.39 is 0 Å². The molecular formula is C20H27NO. The number of carbonyl (C=O) groups excluding carboxylic acids is 1. The van der Waals surface area contributed by atoms with Gasteiger partial charge in [0.1, 0.15) is 0 Å². The molecule has 0 saturated heterocycles. The highest BCUT2D eigenvalue weighted by molar-refractivity contribution is 5.77. The van der Waals surface area contributed by atoms with Crippen LogP contribution in [0.5, 0.6) is 0 Å². The SMILES string of the molecule is Cc1ccc(C(NC(=O)CC2CC3CCC2C3)C2CC2)cc1. The van der Waals surface area contributed by atoms with Crippen LogP contribution in [-0.2, 0) is 4.79 Å². The van der Waals surface area contributed by atoms with Crippen LogP contribution in [0.4, 0.5) is 0 Å². The Morgan fingerprint density at radius 3 is 2.50 bits per heavy atom. The summed E-state index contributed by atoms with van der Waals surface area (Å²) in [6, 6.07) is 8.94. The highest BCUT2D eigenvalue weighted by atomic mass is 16.1. The number of hydrogen-bond acceptors (Lipinski definition) is 1. The number of aryl methyl sites for hydroxylation is 1. The van der Waals surface area contributed by atoms with Gasteiger partial charge in [0.05, 0.1) is 6.04 Å². The van der Waals surface area contributed by atoms with Gasteiger partial charge in [-0.2, -0.15) is 0 Å². The van der Waals surface area contributed by atoms with E-state index >= 15 is 0 Å². The molecule has 0 aromatic heterocycles. The summed E-state index contributed by atoms with van der Waals surface area (Å²) in [6.07, 6.45) is 8.75. The minimum absolute atomic E-state index is 0.242. The van der Waals surface area contributed by atoms with Crippen molar-refractivity contribution in [1.29, 1.82) is 0 Å². The van der Waals surface area contributed by atoms with Gasteiger partial charge in [-0.3, -0.25) is 4.79 Å². The van der Waals surface area contributed by atoms with E-state index in [1.165, 1.54) is 49.7 Å². The average molecular weight is 297 g/mol. The van der Waals surface area contributed by atoms with Gasteiger partial charge in [0, 0.05) is 6.42 Å². The molecule has 1 N–H and O–H groups in total. The van der Waals surface area contributed by atoms with Gasteiger partial charge in [-0.15, -0.1) is 0 Å². The Morgan fingerprint density at radius 1 is 1.14 bits per heavy atom. The van der Waals surface area contributed by atoms with Crippen molar-refractivity contribution in [1.82, 2.24) is 5.32 Å². The standard InChI is InChI=1S/C20H27NO/c1-13-2-5-15(6-3-13)20(16-8-9-16)21-19(22)12-18-11-14-4-7-17(18)10-14/h2-3,5-6,14,16-18,20H,4,7-12H2,1H3,(H,21,22). The van der Waals surface area contributed by atoms with Crippen molar-refractivity contribution in [3.8, 4) is 0 Å². The van der Waals surface area contributed by atoms with Gasteiger partial charge in [-0.25, -0.2) is 0 Å². The minimum atomic E-state index is 0.242. The predicted octanol–water partition coefficient (Wildman–Crippen LogP) is 4.39. The number of rotatable bonds is 5. The molecule has 3 saturated carbocycles. The second-order valence-corrected chi connectivity index (χ2v) is 7.93. The fourth-order valence-corrected chi connectivity index (χ4v) is 4.77. The molecule has 1 aromatic carbocycles. The Morgan fingerprint density at radius 2 is 1.91 bits per heavy atom. The first-order valence-corrected chi connectivity index (χ1v) is 9.05. The molecule has 3 aliphatic rings. The highest BCUT2D eigenvalue weighted by Crippen LogP contribution is 2.49. The number of nitrogens with one attached hydrogen (secondary N) is 1. The zero-order valence-electron chi connectivity index (χ0n) is 13.6. The van der Waals surface area contributed by atoms with Crippen LogP contribution >= 0.6 is 0 Å². The maximum absolute atomic E-state index is 12.5. The van der Waals surface area contributed by atoms with Crippen LogP contribution in [0, 0.1) is 30.6 Å². The van der Waals surface area contributed by atoms with E-state index in [1.54, 1.807) is 0 Å². The molecule has 0 radical (unpaired) electrons. The first kappa shape index (κ1) is 14.3. The summed E-state index contributed by atoms with van der Waals surface area (Å²) in [4.78, 5) is 12.5. The Kier molecular flexibility index (Phi) is 3.71. The van der Waals surface area contributed by atoms with Crippen LogP contribution < -0.4 is 5.32 Å². The summed E-state index contributed by atoms with van der Waals surface area (Å²) in [5, 5.41) is 3.36. The molecule has 3 fully saturated rings. The van der Waals surface area contributed by atoms with E-state index in [0.717, 1.165) is 18.3 Å². The monoisotopic (exact) mass is 297 g/mol. The predicted molar refractivity (Wildman–Crippen MR) is 88.3 cm³/mol. The second kappa shape index (κ2) is 5.72. The van der Waals surface area contributed by atoms with E-state index in [2.05, 4.69) is 36.5 Å². The van der Waals surface area contributed by atoms with Crippen molar-refractivity contribution in [2.75, 3.05) is 0 Å². The van der Waals surface area contributed by atoms with Crippen LogP contribution in [0.25, 0.3) is 0 Å². The van der Waals surface area contributed by atoms with E-state index in [-0.39, 0.29) is 11.9 Å². The molecule has 22 heavy (non-hydrogen) atoms. The third kappa shape index (κ3) is 2.93. The zero-order chi connectivity index (χ0) is 15.1. The van der Waals surface area contributed by atoms with Gasteiger partial charge in [0.25, 0.3) is 0 Å². The molecule has 0 spiro atoms. The number of fused-ring (bicyclic) bond motifs is 2. The van der Waals surface area contributed by atoms with Gasteiger partial charge in [-0.1, -0.05) is 36.2 Å². The number of amides is 1. The van der Waals surface area contributed by atoms with Crippen LogP contribution in [0.1, 0.15) is 62.1 Å². The van der Waals surface area contributed by atoms with Gasteiger partial charge < -0.3 is 5.32 Å². The van der Waals surface area contributed by atoms with Gasteiger partial charge in [0.2, 0.25) is 5.91 Å². The summed E-state index contributed by atoms with van der Waals surface area (Å²) in [6.45, 7) is 2.11. The first-order chi connectivity index (χ1) is 10.7. The maximum Gasteiger partial charge on any atom is 0.220 e. The number of carbonyl (C=O) groups is 1. The number of benzene rings is 1.